The van der Waals surface area contributed by atoms with E-state index in [1.807, 2.05) is 30.5 Å². The van der Waals surface area contributed by atoms with Crippen LogP contribution in [-0.4, -0.2) is 20.4 Å². The minimum Gasteiger partial charge on any atom is -0.352 e. The van der Waals surface area contributed by atoms with Gasteiger partial charge in [0.05, 0.1) is 30.7 Å². The molecular weight excluding hydrogens is 288 g/mol. The van der Waals surface area contributed by atoms with Crippen molar-refractivity contribution < 1.29 is 4.79 Å². The van der Waals surface area contributed by atoms with Crippen LogP contribution in [0.25, 0.3) is 11.3 Å². The van der Waals surface area contributed by atoms with Crippen molar-refractivity contribution in [2.45, 2.75) is 19.0 Å². The smallest absolute Gasteiger partial charge is 0.222 e. The molecule has 3 aromatic rings. The number of benzene rings is 1. The molecule has 0 aliphatic carbocycles. The third-order valence-corrected chi connectivity index (χ3v) is 4.19. The van der Waals surface area contributed by atoms with Crippen LogP contribution in [0.3, 0.4) is 0 Å². The van der Waals surface area contributed by atoms with Crippen molar-refractivity contribution in [1.29, 1.82) is 0 Å². The molecule has 3 heterocycles. The number of nitrogens with zero attached hydrogens (tertiary/aromatic N) is 3. The molecule has 0 bridgehead atoms. The van der Waals surface area contributed by atoms with Gasteiger partial charge in [0.2, 0.25) is 5.91 Å². The molecule has 4 rings (SSSR count). The minimum atomic E-state index is 0.0117. The molecule has 114 valence electrons. The topological polar surface area (TPSA) is 59.8 Å². The van der Waals surface area contributed by atoms with Crippen LogP contribution in [0.15, 0.2) is 61.3 Å². The van der Waals surface area contributed by atoms with Crippen LogP contribution in [0, 0.1) is 0 Å². The second-order valence-electron chi connectivity index (χ2n) is 5.63. The molecule has 1 aromatic carbocycles. The minimum absolute atomic E-state index is 0.0117. The van der Waals surface area contributed by atoms with Crippen LogP contribution >= 0.6 is 0 Å². The highest BCUT2D eigenvalue weighted by Crippen LogP contribution is 2.40. The van der Waals surface area contributed by atoms with E-state index in [9.17, 15) is 4.79 Å². The Bertz CT molecular complexity index is 841. The maximum atomic E-state index is 12.3. The number of aromatic nitrogens is 3. The Labute approximate surface area is 134 Å². The molecule has 5 heteroatoms. The quantitative estimate of drug-likeness (QED) is 0.806. The summed E-state index contributed by atoms with van der Waals surface area (Å²) in [4.78, 5) is 20.6. The van der Waals surface area contributed by atoms with Gasteiger partial charge in [-0.1, -0.05) is 30.3 Å². The van der Waals surface area contributed by atoms with Crippen LogP contribution in [-0.2, 0) is 11.3 Å². The summed E-state index contributed by atoms with van der Waals surface area (Å²) < 4.78 is 2.08. The zero-order valence-electron chi connectivity index (χ0n) is 12.5. The fourth-order valence-corrected chi connectivity index (χ4v) is 3.09. The number of fused-ring (bicyclic) bond motifs is 3. The fraction of sp³-hybridized carbons (Fsp3) is 0.167. The number of carbonyl (C=O) groups is 1. The van der Waals surface area contributed by atoms with Gasteiger partial charge in [-0.2, -0.15) is 0 Å². The summed E-state index contributed by atoms with van der Waals surface area (Å²) in [6, 6.07) is 12.0. The van der Waals surface area contributed by atoms with Crippen LogP contribution < -0.4 is 5.32 Å². The molecule has 1 aliphatic rings. The van der Waals surface area contributed by atoms with Crippen LogP contribution in [0.5, 0.6) is 0 Å². The van der Waals surface area contributed by atoms with E-state index < -0.39 is 0 Å². The Balaban J connectivity index is 1.50. The summed E-state index contributed by atoms with van der Waals surface area (Å²) in [5.74, 6) is 0.0233. The lowest BCUT2D eigenvalue weighted by atomic mass is 10.0. The van der Waals surface area contributed by atoms with Crippen molar-refractivity contribution in [3.63, 3.8) is 0 Å². The van der Waals surface area contributed by atoms with Crippen molar-refractivity contribution in [1.82, 2.24) is 19.9 Å². The molecular formula is C18H16N4O. The van der Waals surface area contributed by atoms with Gasteiger partial charge in [-0.05, 0) is 17.2 Å². The van der Waals surface area contributed by atoms with Crippen molar-refractivity contribution in [3.05, 3.63) is 72.4 Å². The van der Waals surface area contributed by atoms with Gasteiger partial charge < -0.3 is 9.88 Å². The van der Waals surface area contributed by atoms with E-state index in [0.29, 0.717) is 13.0 Å². The van der Waals surface area contributed by atoms with E-state index in [4.69, 9.17) is 0 Å². The van der Waals surface area contributed by atoms with E-state index >= 15 is 0 Å². The summed E-state index contributed by atoms with van der Waals surface area (Å²) in [5, 5.41) is 2.97. The Morgan fingerprint density at radius 3 is 2.91 bits per heavy atom. The largest absolute Gasteiger partial charge is 0.352 e. The number of pyridine rings is 1. The first kappa shape index (κ1) is 13.7. The summed E-state index contributed by atoms with van der Waals surface area (Å²) in [7, 11) is 0. The zero-order chi connectivity index (χ0) is 15.6. The predicted octanol–water partition coefficient (Wildman–Crippen LogP) is 2.55. The fourth-order valence-electron chi connectivity index (χ4n) is 3.09. The van der Waals surface area contributed by atoms with E-state index in [2.05, 4.69) is 32.0 Å². The number of hydrogen-bond donors (Lipinski definition) is 1. The number of rotatable bonds is 4. The molecule has 1 amide bonds. The molecule has 0 saturated heterocycles. The normalized spacial score (nSPS) is 15.0. The first-order chi connectivity index (χ1) is 11.3. The number of imidazole rings is 1. The number of hydrogen-bond acceptors (Lipinski definition) is 3. The van der Waals surface area contributed by atoms with Gasteiger partial charge in [-0.3, -0.25) is 9.78 Å². The number of carbonyl (C=O) groups excluding carboxylic acids is 1. The van der Waals surface area contributed by atoms with Crippen molar-refractivity contribution >= 4 is 5.91 Å². The Morgan fingerprint density at radius 2 is 2.04 bits per heavy atom. The summed E-state index contributed by atoms with van der Waals surface area (Å²) in [6.07, 6.45) is 7.54. The SMILES string of the molecule is O=C(CC1c2ccccc2-c2cncn21)NCc1cccnc1. The molecule has 1 N–H and O–H groups in total. The molecule has 0 saturated carbocycles. The number of amides is 1. The second-order valence-corrected chi connectivity index (χ2v) is 5.63. The Morgan fingerprint density at radius 1 is 1.13 bits per heavy atom. The van der Waals surface area contributed by atoms with E-state index in [-0.39, 0.29) is 11.9 Å². The lowest BCUT2D eigenvalue weighted by Crippen LogP contribution is -2.25. The molecule has 0 radical (unpaired) electrons. The highest BCUT2D eigenvalue weighted by Gasteiger charge is 2.29. The predicted molar refractivity (Wildman–Crippen MR) is 86.5 cm³/mol. The van der Waals surface area contributed by atoms with E-state index in [1.54, 1.807) is 18.7 Å². The van der Waals surface area contributed by atoms with Gasteiger partial charge in [0.25, 0.3) is 0 Å². The number of nitrogens with one attached hydrogen (secondary N) is 1. The lowest BCUT2D eigenvalue weighted by molar-refractivity contribution is -0.121. The Kier molecular flexibility index (Phi) is 3.38. The van der Waals surface area contributed by atoms with Gasteiger partial charge in [0.1, 0.15) is 0 Å². The molecule has 1 atom stereocenters. The molecule has 1 unspecified atom stereocenters. The average Bonchev–Trinajstić information content (AvgIpc) is 3.17. The standard InChI is InChI=1S/C18H16N4O/c23-18(21-10-13-4-3-7-19-9-13)8-16-14-5-1-2-6-15(14)17-11-20-12-22(16)17/h1-7,9,11-12,16H,8,10H2,(H,21,23). The molecule has 5 nitrogen and oxygen atoms in total. The van der Waals surface area contributed by atoms with Crippen molar-refractivity contribution in [2.75, 3.05) is 0 Å². The highest BCUT2D eigenvalue weighted by molar-refractivity contribution is 5.79. The van der Waals surface area contributed by atoms with Gasteiger partial charge in [0.15, 0.2) is 0 Å². The lowest BCUT2D eigenvalue weighted by Gasteiger charge is -2.14. The molecule has 0 fully saturated rings. The molecule has 2 aromatic heterocycles. The summed E-state index contributed by atoms with van der Waals surface area (Å²) in [5.41, 5.74) is 4.41. The maximum absolute atomic E-state index is 12.3. The van der Waals surface area contributed by atoms with Crippen LogP contribution in [0.4, 0.5) is 0 Å². The van der Waals surface area contributed by atoms with Crippen molar-refractivity contribution in [2.24, 2.45) is 0 Å². The first-order valence-corrected chi connectivity index (χ1v) is 7.59. The second kappa shape index (κ2) is 5.68. The maximum Gasteiger partial charge on any atom is 0.222 e. The third kappa shape index (κ3) is 2.50. The third-order valence-electron chi connectivity index (χ3n) is 4.19. The highest BCUT2D eigenvalue weighted by atomic mass is 16.1. The molecule has 0 spiro atoms. The van der Waals surface area contributed by atoms with E-state index in [0.717, 1.165) is 16.8 Å². The van der Waals surface area contributed by atoms with Gasteiger partial charge >= 0.3 is 0 Å². The van der Waals surface area contributed by atoms with Gasteiger partial charge in [-0.15, -0.1) is 0 Å². The average molecular weight is 304 g/mol. The first-order valence-electron chi connectivity index (χ1n) is 7.59. The molecule has 1 aliphatic heterocycles. The Hall–Kier alpha value is -2.95. The van der Waals surface area contributed by atoms with E-state index in [1.165, 1.54) is 5.56 Å². The van der Waals surface area contributed by atoms with Crippen LogP contribution in [0.2, 0.25) is 0 Å². The summed E-state index contributed by atoms with van der Waals surface area (Å²) in [6.45, 7) is 0.498. The van der Waals surface area contributed by atoms with Gasteiger partial charge in [0, 0.05) is 24.5 Å². The zero-order valence-corrected chi connectivity index (χ0v) is 12.5. The van der Waals surface area contributed by atoms with Crippen LogP contribution in [0.1, 0.15) is 23.6 Å². The molecule has 23 heavy (non-hydrogen) atoms. The monoisotopic (exact) mass is 304 g/mol. The summed E-state index contributed by atoms with van der Waals surface area (Å²) >= 11 is 0. The van der Waals surface area contributed by atoms with Crippen molar-refractivity contribution in [3.8, 4) is 11.3 Å². The van der Waals surface area contributed by atoms with Gasteiger partial charge in [-0.25, -0.2) is 4.98 Å².